The molecule has 0 aliphatic carbocycles. The van der Waals surface area contributed by atoms with Crippen LogP contribution in [-0.2, 0) is 25.6 Å². The number of carbonyl (C=O) groups is 4. The van der Waals surface area contributed by atoms with Crippen molar-refractivity contribution in [2.24, 2.45) is 5.92 Å². The van der Waals surface area contributed by atoms with E-state index in [1.54, 1.807) is 0 Å². The van der Waals surface area contributed by atoms with Crippen LogP contribution in [0.4, 0.5) is 0 Å². The third kappa shape index (κ3) is 7.14. The lowest BCUT2D eigenvalue weighted by molar-refractivity contribution is -0.138. The zero-order chi connectivity index (χ0) is 22.1. The van der Waals surface area contributed by atoms with E-state index in [-0.39, 0.29) is 24.3 Å². The average molecular weight is 418 g/mol. The molecule has 1 aliphatic rings. The summed E-state index contributed by atoms with van der Waals surface area (Å²) in [6, 6.07) is 6.99. The van der Waals surface area contributed by atoms with Gasteiger partial charge in [0.25, 0.3) is 0 Å². The molecule has 0 spiro atoms. The number of rotatable bonds is 10. The highest BCUT2D eigenvalue weighted by Crippen LogP contribution is 2.09. The minimum absolute atomic E-state index is 0.195. The Kier molecular flexibility index (Phi) is 8.79. The number of benzene rings is 1. The Morgan fingerprint density at radius 1 is 1.10 bits per heavy atom. The third-order valence-corrected chi connectivity index (χ3v) is 4.95. The second-order valence-corrected chi connectivity index (χ2v) is 7.74. The van der Waals surface area contributed by atoms with Crippen molar-refractivity contribution in [3.05, 3.63) is 35.9 Å². The molecule has 1 heterocycles. The summed E-state index contributed by atoms with van der Waals surface area (Å²) < 4.78 is 0. The van der Waals surface area contributed by atoms with Gasteiger partial charge in [-0.1, -0.05) is 44.2 Å². The molecule has 9 heteroatoms. The van der Waals surface area contributed by atoms with Crippen LogP contribution in [0, 0.1) is 5.92 Å². The monoisotopic (exact) mass is 418 g/mol. The van der Waals surface area contributed by atoms with Crippen LogP contribution in [0.25, 0.3) is 0 Å². The van der Waals surface area contributed by atoms with E-state index < -0.39 is 36.4 Å². The van der Waals surface area contributed by atoms with E-state index >= 15 is 0 Å². The largest absolute Gasteiger partial charge is 0.480 e. The Morgan fingerprint density at radius 3 is 2.37 bits per heavy atom. The van der Waals surface area contributed by atoms with Crippen molar-refractivity contribution in [3.8, 4) is 0 Å². The smallest absolute Gasteiger partial charge is 0.322 e. The van der Waals surface area contributed by atoms with Gasteiger partial charge in [0.1, 0.15) is 18.6 Å². The number of hydrogen-bond acceptors (Lipinski definition) is 5. The molecule has 3 atom stereocenters. The van der Waals surface area contributed by atoms with Crippen molar-refractivity contribution in [1.29, 1.82) is 0 Å². The zero-order valence-corrected chi connectivity index (χ0v) is 17.3. The molecule has 1 aromatic rings. The first-order valence-electron chi connectivity index (χ1n) is 10.2. The van der Waals surface area contributed by atoms with E-state index in [4.69, 9.17) is 5.11 Å². The highest BCUT2D eigenvalue weighted by atomic mass is 16.4. The summed E-state index contributed by atoms with van der Waals surface area (Å²) in [5.41, 5.74) is 0.813. The van der Waals surface area contributed by atoms with Crippen LogP contribution in [-0.4, -0.2) is 60.0 Å². The van der Waals surface area contributed by atoms with Crippen LogP contribution < -0.4 is 21.3 Å². The maximum absolute atomic E-state index is 12.9. The van der Waals surface area contributed by atoms with Crippen molar-refractivity contribution < 1.29 is 24.3 Å². The van der Waals surface area contributed by atoms with Gasteiger partial charge >= 0.3 is 5.97 Å². The molecule has 0 saturated carbocycles. The Labute approximate surface area is 176 Å². The summed E-state index contributed by atoms with van der Waals surface area (Å²) in [6.45, 7) is 3.84. The Bertz CT molecular complexity index is 747. The third-order valence-electron chi connectivity index (χ3n) is 4.95. The second kappa shape index (κ2) is 11.3. The molecule has 0 bridgehead atoms. The Balaban J connectivity index is 2.09. The Morgan fingerprint density at radius 2 is 1.80 bits per heavy atom. The molecule has 5 N–H and O–H groups in total. The Hall–Kier alpha value is -2.94. The number of amides is 3. The van der Waals surface area contributed by atoms with Gasteiger partial charge in [0.15, 0.2) is 0 Å². The van der Waals surface area contributed by atoms with Gasteiger partial charge in [0, 0.05) is 6.42 Å². The van der Waals surface area contributed by atoms with Gasteiger partial charge in [0.05, 0.1) is 6.04 Å². The van der Waals surface area contributed by atoms with Crippen molar-refractivity contribution in [2.75, 3.05) is 13.1 Å². The van der Waals surface area contributed by atoms with Crippen molar-refractivity contribution >= 4 is 23.7 Å². The fourth-order valence-corrected chi connectivity index (χ4v) is 3.30. The molecule has 30 heavy (non-hydrogen) atoms. The molecule has 1 fully saturated rings. The molecule has 0 radical (unpaired) electrons. The lowest BCUT2D eigenvalue weighted by Gasteiger charge is -2.26. The summed E-state index contributed by atoms with van der Waals surface area (Å²) in [4.78, 5) is 48.7. The van der Waals surface area contributed by atoms with Crippen LogP contribution in [0.5, 0.6) is 0 Å². The summed E-state index contributed by atoms with van der Waals surface area (Å²) in [5, 5.41) is 19.7. The minimum atomic E-state index is -1.18. The van der Waals surface area contributed by atoms with Gasteiger partial charge in [-0.3, -0.25) is 19.2 Å². The molecular weight excluding hydrogens is 388 g/mol. The number of aliphatic carboxylic acids is 1. The number of nitrogens with one attached hydrogen (secondary N) is 4. The van der Waals surface area contributed by atoms with E-state index in [1.165, 1.54) is 0 Å². The number of hydrogen-bond donors (Lipinski definition) is 5. The predicted molar refractivity (Wildman–Crippen MR) is 111 cm³/mol. The molecule has 1 saturated heterocycles. The maximum Gasteiger partial charge on any atom is 0.322 e. The summed E-state index contributed by atoms with van der Waals surface area (Å²) in [7, 11) is 0. The minimum Gasteiger partial charge on any atom is -0.480 e. The molecule has 1 aromatic carbocycles. The first-order chi connectivity index (χ1) is 14.3. The van der Waals surface area contributed by atoms with Gasteiger partial charge in [-0.2, -0.15) is 0 Å². The van der Waals surface area contributed by atoms with Gasteiger partial charge in [-0.15, -0.1) is 0 Å². The van der Waals surface area contributed by atoms with Crippen molar-refractivity contribution in [2.45, 2.75) is 51.2 Å². The van der Waals surface area contributed by atoms with E-state index in [0.29, 0.717) is 6.42 Å². The fourth-order valence-electron chi connectivity index (χ4n) is 3.30. The van der Waals surface area contributed by atoms with E-state index in [0.717, 1.165) is 18.5 Å². The highest BCUT2D eigenvalue weighted by Gasteiger charge is 2.31. The molecule has 2 rings (SSSR count). The van der Waals surface area contributed by atoms with Crippen molar-refractivity contribution in [1.82, 2.24) is 21.3 Å². The first kappa shape index (κ1) is 23.3. The standard InChI is InChI=1S/C21H30N4O5/c1-13(2)18(25-20(29)15-9-6-10-22-15)21(30)24-16(19(28)23-12-17(26)27)11-14-7-4-3-5-8-14/h3-5,7-8,13,15-16,18,22H,6,9-12H2,1-2H3,(H,23,28)(H,24,30)(H,25,29)(H,26,27). The van der Waals surface area contributed by atoms with Gasteiger partial charge < -0.3 is 26.4 Å². The lowest BCUT2D eigenvalue weighted by atomic mass is 10.0. The van der Waals surface area contributed by atoms with Crippen LogP contribution in [0.1, 0.15) is 32.3 Å². The number of carboxylic acid groups (broad SMARTS) is 1. The van der Waals surface area contributed by atoms with E-state index in [9.17, 15) is 19.2 Å². The van der Waals surface area contributed by atoms with Crippen LogP contribution >= 0.6 is 0 Å². The van der Waals surface area contributed by atoms with Crippen molar-refractivity contribution in [3.63, 3.8) is 0 Å². The fraction of sp³-hybridized carbons (Fsp3) is 0.524. The van der Waals surface area contributed by atoms with Gasteiger partial charge in [-0.05, 0) is 30.9 Å². The zero-order valence-electron chi connectivity index (χ0n) is 17.3. The maximum atomic E-state index is 12.9. The summed E-state index contributed by atoms with van der Waals surface area (Å²) >= 11 is 0. The topological polar surface area (TPSA) is 137 Å². The normalized spacial score (nSPS) is 17.8. The number of carboxylic acids is 1. The molecular formula is C21H30N4O5. The second-order valence-electron chi connectivity index (χ2n) is 7.74. The van der Waals surface area contributed by atoms with Crippen LogP contribution in [0.15, 0.2) is 30.3 Å². The molecule has 0 aromatic heterocycles. The first-order valence-corrected chi connectivity index (χ1v) is 10.2. The average Bonchev–Trinajstić information content (AvgIpc) is 3.25. The lowest BCUT2D eigenvalue weighted by Crippen LogP contribution is -2.58. The molecule has 1 aliphatic heterocycles. The quantitative estimate of drug-likeness (QED) is 0.357. The van der Waals surface area contributed by atoms with Crippen LogP contribution in [0.2, 0.25) is 0 Å². The van der Waals surface area contributed by atoms with Gasteiger partial charge in [0.2, 0.25) is 17.7 Å². The number of carbonyl (C=O) groups excluding carboxylic acids is 3. The van der Waals surface area contributed by atoms with E-state index in [2.05, 4.69) is 21.3 Å². The van der Waals surface area contributed by atoms with Gasteiger partial charge in [-0.25, -0.2) is 0 Å². The predicted octanol–water partition coefficient (Wildman–Crippen LogP) is -0.192. The summed E-state index contributed by atoms with van der Waals surface area (Å²) in [6.07, 6.45) is 1.81. The molecule has 3 unspecified atom stereocenters. The molecule has 9 nitrogen and oxygen atoms in total. The highest BCUT2D eigenvalue weighted by molar-refractivity contribution is 5.94. The van der Waals surface area contributed by atoms with E-state index in [1.807, 2.05) is 44.2 Å². The summed E-state index contributed by atoms with van der Waals surface area (Å²) in [5.74, 6) is -2.70. The molecule has 3 amide bonds. The SMILES string of the molecule is CC(C)C(NC(=O)C1CCCN1)C(=O)NC(Cc1ccccc1)C(=O)NCC(=O)O. The molecule has 164 valence electrons. The van der Waals surface area contributed by atoms with Crippen LogP contribution in [0.3, 0.4) is 0 Å².